The fourth-order valence-corrected chi connectivity index (χ4v) is 1.55. The Hall–Kier alpha value is -0.610. The topological polar surface area (TPSA) is 45.2 Å². The second-order valence-electron chi connectivity index (χ2n) is 2.31. The third-order valence-electron chi connectivity index (χ3n) is 1.23. The summed E-state index contributed by atoms with van der Waals surface area (Å²) in [6, 6.07) is 0. The molecule has 1 heterocycles. The minimum Gasteiger partial charge on any atom is -0.374 e. The highest BCUT2D eigenvalue weighted by Crippen LogP contribution is 2.18. The lowest BCUT2D eigenvalue weighted by Crippen LogP contribution is -2.12. The first-order chi connectivity index (χ1) is 5.22. The number of aliphatic hydroxyl groups excluding tert-OH is 1. The van der Waals surface area contributed by atoms with Gasteiger partial charge in [-0.15, -0.1) is 11.3 Å². The maximum atomic E-state index is 8.94. The summed E-state index contributed by atoms with van der Waals surface area (Å²) >= 11 is 1.58. The van der Waals surface area contributed by atoms with Crippen molar-refractivity contribution in [3.63, 3.8) is 0 Å². The van der Waals surface area contributed by atoms with Gasteiger partial charge < -0.3 is 10.4 Å². The van der Waals surface area contributed by atoms with Crippen LogP contribution in [0.5, 0.6) is 0 Å². The second-order valence-corrected chi connectivity index (χ2v) is 3.42. The number of nitrogens with one attached hydrogen (secondary N) is 1. The van der Waals surface area contributed by atoms with Crippen molar-refractivity contribution >= 4 is 16.5 Å². The summed E-state index contributed by atoms with van der Waals surface area (Å²) in [6.45, 7) is 3.76. The molecule has 0 aliphatic rings. The lowest BCUT2D eigenvalue weighted by Gasteiger charge is -2.02. The molecule has 1 aromatic heterocycles. The summed E-state index contributed by atoms with van der Waals surface area (Å²) in [5, 5.41) is 12.6. The molecular formula is C7H12N2OS. The Morgan fingerprint density at radius 2 is 2.55 bits per heavy atom. The summed E-state index contributed by atoms with van der Waals surface area (Å²) in [7, 11) is 0. The highest BCUT2D eigenvalue weighted by molar-refractivity contribution is 7.15. The van der Waals surface area contributed by atoms with Crippen molar-refractivity contribution < 1.29 is 5.11 Å². The zero-order valence-corrected chi connectivity index (χ0v) is 7.48. The van der Waals surface area contributed by atoms with E-state index in [-0.39, 0.29) is 0 Å². The van der Waals surface area contributed by atoms with E-state index in [0.717, 1.165) is 11.6 Å². The molecule has 3 nitrogen and oxygen atoms in total. The van der Waals surface area contributed by atoms with Gasteiger partial charge in [-0.2, -0.15) is 0 Å². The van der Waals surface area contributed by atoms with Crippen LogP contribution in [0.3, 0.4) is 0 Å². The van der Waals surface area contributed by atoms with Gasteiger partial charge >= 0.3 is 0 Å². The molecule has 0 spiro atoms. The smallest absolute Gasteiger partial charge is 0.184 e. The van der Waals surface area contributed by atoms with E-state index in [0.29, 0.717) is 0 Å². The molecule has 62 valence electrons. The van der Waals surface area contributed by atoms with Crippen LogP contribution in [-0.4, -0.2) is 16.3 Å². The maximum Gasteiger partial charge on any atom is 0.184 e. The number of thiazole rings is 1. The molecule has 0 amide bonds. The molecule has 11 heavy (non-hydrogen) atoms. The lowest BCUT2D eigenvalue weighted by atomic mass is 10.4. The molecule has 0 bridgehead atoms. The molecule has 0 saturated carbocycles. The molecule has 1 atom stereocenters. The number of aryl methyl sites for hydroxylation is 1. The summed E-state index contributed by atoms with van der Waals surface area (Å²) in [5.74, 6) is 0. The van der Waals surface area contributed by atoms with Crippen LogP contribution >= 0.6 is 11.3 Å². The van der Waals surface area contributed by atoms with Gasteiger partial charge in [0.25, 0.3) is 0 Å². The van der Waals surface area contributed by atoms with Crippen molar-refractivity contribution in [3.8, 4) is 0 Å². The first-order valence-electron chi connectivity index (χ1n) is 3.61. The molecule has 0 saturated heterocycles. The maximum absolute atomic E-state index is 8.94. The van der Waals surface area contributed by atoms with Gasteiger partial charge in [0.15, 0.2) is 5.13 Å². The monoisotopic (exact) mass is 172 g/mol. The number of anilines is 1. The van der Waals surface area contributed by atoms with Gasteiger partial charge in [0.1, 0.15) is 6.23 Å². The van der Waals surface area contributed by atoms with Crippen LogP contribution in [0.15, 0.2) is 6.20 Å². The molecule has 0 aromatic carbocycles. The molecule has 1 aromatic rings. The van der Waals surface area contributed by atoms with Gasteiger partial charge in [0.2, 0.25) is 0 Å². The number of rotatable bonds is 3. The summed E-state index contributed by atoms with van der Waals surface area (Å²) in [6.07, 6.45) is 2.31. The standard InChI is InChI=1S/C7H12N2OS/c1-3-6-4-8-7(11-6)9-5(2)10/h4-5,10H,3H2,1-2H3,(H,8,9). The zero-order chi connectivity index (χ0) is 8.27. The van der Waals surface area contributed by atoms with Crippen molar-refractivity contribution in [1.29, 1.82) is 0 Å². The van der Waals surface area contributed by atoms with Crippen LogP contribution in [0, 0.1) is 0 Å². The van der Waals surface area contributed by atoms with Gasteiger partial charge in [-0.1, -0.05) is 6.92 Å². The summed E-state index contributed by atoms with van der Waals surface area (Å²) in [5.41, 5.74) is 0. The summed E-state index contributed by atoms with van der Waals surface area (Å²) in [4.78, 5) is 5.30. The van der Waals surface area contributed by atoms with Crippen molar-refractivity contribution in [2.75, 3.05) is 5.32 Å². The average molecular weight is 172 g/mol. The van der Waals surface area contributed by atoms with Crippen molar-refractivity contribution in [2.45, 2.75) is 26.5 Å². The van der Waals surface area contributed by atoms with Gasteiger partial charge in [0, 0.05) is 11.1 Å². The Labute approximate surface area is 70.1 Å². The van der Waals surface area contributed by atoms with Crippen LogP contribution in [0.1, 0.15) is 18.7 Å². The number of aliphatic hydroxyl groups is 1. The average Bonchev–Trinajstić information content (AvgIpc) is 2.34. The van der Waals surface area contributed by atoms with Crippen LogP contribution in [-0.2, 0) is 6.42 Å². The minimum absolute atomic E-state index is 0.522. The molecule has 4 heteroatoms. The molecule has 1 rings (SSSR count). The van der Waals surface area contributed by atoms with Crippen LogP contribution in [0.4, 0.5) is 5.13 Å². The van der Waals surface area contributed by atoms with Crippen molar-refractivity contribution in [2.24, 2.45) is 0 Å². The second kappa shape index (κ2) is 3.69. The Morgan fingerprint density at radius 1 is 1.82 bits per heavy atom. The van der Waals surface area contributed by atoms with Gasteiger partial charge in [-0.3, -0.25) is 0 Å². The van der Waals surface area contributed by atoms with Crippen LogP contribution in [0.25, 0.3) is 0 Å². The third-order valence-corrected chi connectivity index (χ3v) is 2.31. The van der Waals surface area contributed by atoms with E-state index in [1.54, 1.807) is 18.3 Å². The van der Waals surface area contributed by atoms with Crippen LogP contribution < -0.4 is 5.32 Å². The quantitative estimate of drug-likeness (QED) is 0.678. The zero-order valence-electron chi connectivity index (χ0n) is 6.66. The molecule has 2 N–H and O–H groups in total. The Bertz CT molecular complexity index is 222. The van der Waals surface area contributed by atoms with Gasteiger partial charge in [-0.05, 0) is 13.3 Å². The highest BCUT2D eigenvalue weighted by Gasteiger charge is 2.00. The SMILES string of the molecule is CCc1cnc(NC(C)O)s1. The molecule has 0 aliphatic carbocycles. The van der Waals surface area contributed by atoms with E-state index in [1.165, 1.54) is 4.88 Å². The Morgan fingerprint density at radius 3 is 3.00 bits per heavy atom. The molecular weight excluding hydrogens is 160 g/mol. The fourth-order valence-electron chi connectivity index (χ4n) is 0.716. The fraction of sp³-hybridized carbons (Fsp3) is 0.571. The first-order valence-corrected chi connectivity index (χ1v) is 4.43. The van der Waals surface area contributed by atoms with Gasteiger partial charge in [-0.25, -0.2) is 4.98 Å². The van der Waals surface area contributed by atoms with E-state index in [9.17, 15) is 0 Å². The normalized spacial score (nSPS) is 13.0. The predicted molar refractivity (Wildman–Crippen MR) is 46.8 cm³/mol. The Balaban J connectivity index is 2.58. The lowest BCUT2D eigenvalue weighted by molar-refractivity contribution is 0.224. The minimum atomic E-state index is -0.522. The van der Waals surface area contributed by atoms with Crippen LogP contribution in [0.2, 0.25) is 0 Å². The van der Waals surface area contributed by atoms with Crippen molar-refractivity contribution in [3.05, 3.63) is 11.1 Å². The van der Waals surface area contributed by atoms with E-state index >= 15 is 0 Å². The predicted octanol–water partition coefficient (Wildman–Crippen LogP) is 1.46. The number of aromatic nitrogens is 1. The summed E-state index contributed by atoms with van der Waals surface area (Å²) < 4.78 is 0. The largest absolute Gasteiger partial charge is 0.374 e. The van der Waals surface area contributed by atoms with E-state index < -0.39 is 6.23 Å². The highest BCUT2D eigenvalue weighted by atomic mass is 32.1. The molecule has 0 radical (unpaired) electrons. The van der Waals surface area contributed by atoms with E-state index in [1.807, 2.05) is 6.20 Å². The third kappa shape index (κ3) is 2.48. The molecule has 0 fully saturated rings. The van der Waals surface area contributed by atoms with Gasteiger partial charge in [0.05, 0.1) is 0 Å². The molecule has 0 aliphatic heterocycles. The number of hydrogen-bond acceptors (Lipinski definition) is 4. The Kier molecular flexibility index (Phi) is 2.84. The number of nitrogens with zero attached hydrogens (tertiary/aromatic N) is 1. The van der Waals surface area contributed by atoms with Crippen molar-refractivity contribution in [1.82, 2.24) is 4.98 Å². The molecule has 1 unspecified atom stereocenters. The number of hydrogen-bond donors (Lipinski definition) is 2. The van der Waals surface area contributed by atoms with E-state index in [2.05, 4.69) is 17.2 Å². The first kappa shape index (κ1) is 8.49. The van der Waals surface area contributed by atoms with E-state index in [4.69, 9.17) is 5.11 Å².